The molecule has 0 aromatic heterocycles. The molecular weight excluding hydrogens is 308 g/mol. The van der Waals surface area contributed by atoms with Gasteiger partial charge in [0.15, 0.2) is 10.9 Å². The van der Waals surface area contributed by atoms with E-state index in [0.717, 1.165) is 11.8 Å². The molecule has 22 heavy (non-hydrogen) atoms. The second-order valence-electron chi connectivity index (χ2n) is 4.95. The Labute approximate surface area is 130 Å². The van der Waals surface area contributed by atoms with Crippen molar-refractivity contribution in [3.63, 3.8) is 0 Å². The maximum absolute atomic E-state index is 12.1. The van der Waals surface area contributed by atoms with Gasteiger partial charge in [-0.3, -0.25) is 24.5 Å². The van der Waals surface area contributed by atoms with Gasteiger partial charge in [0.1, 0.15) is 0 Å². The minimum Gasteiger partial charge on any atom is -0.311 e. The molecule has 1 aliphatic rings. The number of carbonyl (C=O) groups excluding carboxylic acids is 3. The zero-order valence-electron chi connectivity index (χ0n) is 12.1. The fourth-order valence-corrected chi connectivity index (χ4v) is 3.30. The standard InChI is InChI=1S/C14H14N2O5S/c1-8(17)12-5-10(16(20)21)3-4-13(12)15-7-11(6-14(15)19)22-9(2)18/h3-5,11H,6-7H2,1-2H3. The Kier molecular flexibility index (Phi) is 4.60. The van der Waals surface area contributed by atoms with Gasteiger partial charge >= 0.3 is 0 Å². The zero-order chi connectivity index (χ0) is 16.4. The lowest BCUT2D eigenvalue weighted by Gasteiger charge is -2.19. The van der Waals surface area contributed by atoms with Crippen molar-refractivity contribution in [1.82, 2.24) is 0 Å². The molecule has 1 fully saturated rings. The Balaban J connectivity index is 2.36. The number of nitro groups is 1. The number of amides is 1. The first kappa shape index (κ1) is 16.2. The van der Waals surface area contributed by atoms with E-state index in [4.69, 9.17) is 0 Å². The topological polar surface area (TPSA) is 97.6 Å². The Morgan fingerprint density at radius 1 is 1.36 bits per heavy atom. The average Bonchev–Trinajstić information content (AvgIpc) is 2.77. The summed E-state index contributed by atoms with van der Waals surface area (Å²) in [4.78, 5) is 46.7. The second kappa shape index (κ2) is 6.27. The number of thioether (sulfide) groups is 1. The number of rotatable bonds is 4. The molecule has 1 unspecified atom stereocenters. The highest BCUT2D eigenvalue weighted by atomic mass is 32.2. The molecular formula is C14H14N2O5S. The lowest BCUT2D eigenvalue weighted by molar-refractivity contribution is -0.384. The van der Waals surface area contributed by atoms with Crippen LogP contribution in [0.4, 0.5) is 11.4 Å². The van der Waals surface area contributed by atoms with Crippen LogP contribution in [-0.4, -0.2) is 33.5 Å². The van der Waals surface area contributed by atoms with Gasteiger partial charge in [-0.15, -0.1) is 0 Å². The number of hydrogen-bond acceptors (Lipinski definition) is 6. The van der Waals surface area contributed by atoms with Crippen LogP contribution in [0.5, 0.6) is 0 Å². The lowest BCUT2D eigenvalue weighted by Crippen LogP contribution is -2.26. The van der Waals surface area contributed by atoms with Gasteiger partial charge in [0.25, 0.3) is 5.69 Å². The van der Waals surface area contributed by atoms with Gasteiger partial charge in [-0.2, -0.15) is 0 Å². The van der Waals surface area contributed by atoms with Gasteiger partial charge in [-0.1, -0.05) is 11.8 Å². The maximum atomic E-state index is 12.1. The second-order valence-corrected chi connectivity index (χ2v) is 6.43. The van der Waals surface area contributed by atoms with E-state index < -0.39 is 4.92 Å². The largest absolute Gasteiger partial charge is 0.311 e. The van der Waals surface area contributed by atoms with Gasteiger partial charge in [0.05, 0.1) is 10.6 Å². The summed E-state index contributed by atoms with van der Waals surface area (Å²) in [5.74, 6) is -0.552. The van der Waals surface area contributed by atoms with E-state index in [1.54, 1.807) is 0 Å². The van der Waals surface area contributed by atoms with Crippen LogP contribution in [0.2, 0.25) is 0 Å². The third kappa shape index (κ3) is 3.33. The van der Waals surface area contributed by atoms with Crippen LogP contribution in [0.15, 0.2) is 18.2 Å². The summed E-state index contributed by atoms with van der Waals surface area (Å²) in [7, 11) is 0. The Morgan fingerprint density at radius 3 is 2.59 bits per heavy atom. The Bertz CT molecular complexity index is 673. The number of benzene rings is 1. The number of ketones is 1. The smallest absolute Gasteiger partial charge is 0.270 e. The van der Waals surface area contributed by atoms with Gasteiger partial charge < -0.3 is 4.90 Å². The van der Waals surface area contributed by atoms with Crippen molar-refractivity contribution in [2.45, 2.75) is 25.5 Å². The first-order valence-corrected chi connectivity index (χ1v) is 7.44. The van der Waals surface area contributed by atoms with Crippen molar-refractivity contribution in [1.29, 1.82) is 0 Å². The van der Waals surface area contributed by atoms with Crippen molar-refractivity contribution < 1.29 is 19.3 Å². The molecule has 7 nitrogen and oxygen atoms in total. The molecule has 0 bridgehead atoms. The van der Waals surface area contributed by atoms with E-state index >= 15 is 0 Å². The molecule has 1 aliphatic heterocycles. The van der Waals surface area contributed by atoms with Crippen molar-refractivity contribution in [2.24, 2.45) is 0 Å². The molecule has 2 rings (SSSR count). The van der Waals surface area contributed by atoms with Crippen molar-refractivity contribution in [2.75, 3.05) is 11.4 Å². The van der Waals surface area contributed by atoms with Crippen LogP contribution in [0, 0.1) is 10.1 Å². The quantitative estimate of drug-likeness (QED) is 0.479. The summed E-state index contributed by atoms with van der Waals surface area (Å²) < 4.78 is 0. The number of nitro benzene ring substituents is 1. The summed E-state index contributed by atoms with van der Waals surface area (Å²) in [6.45, 7) is 3.04. The Morgan fingerprint density at radius 2 is 2.05 bits per heavy atom. The molecule has 1 saturated heterocycles. The van der Waals surface area contributed by atoms with Crippen LogP contribution in [0.1, 0.15) is 30.6 Å². The van der Waals surface area contributed by atoms with Crippen molar-refractivity contribution >= 4 is 39.9 Å². The predicted molar refractivity (Wildman–Crippen MR) is 82.1 cm³/mol. The number of hydrogen-bond donors (Lipinski definition) is 0. The molecule has 1 amide bonds. The normalized spacial score (nSPS) is 17.6. The van der Waals surface area contributed by atoms with Crippen LogP contribution in [0.3, 0.4) is 0 Å². The third-order valence-corrected chi connectivity index (χ3v) is 4.26. The van der Waals surface area contributed by atoms with E-state index in [9.17, 15) is 24.5 Å². The minimum absolute atomic E-state index is 0.0739. The molecule has 1 atom stereocenters. The lowest BCUT2D eigenvalue weighted by atomic mass is 10.1. The predicted octanol–water partition coefficient (Wildman–Crippen LogP) is 2.18. The molecule has 0 spiro atoms. The van der Waals surface area contributed by atoms with E-state index in [-0.39, 0.29) is 39.7 Å². The number of nitrogens with zero attached hydrogens (tertiary/aromatic N) is 2. The fourth-order valence-electron chi connectivity index (χ4n) is 2.38. The van der Waals surface area contributed by atoms with Crippen LogP contribution in [-0.2, 0) is 9.59 Å². The first-order valence-electron chi connectivity index (χ1n) is 6.56. The molecule has 0 aliphatic carbocycles. The molecule has 8 heteroatoms. The zero-order valence-corrected chi connectivity index (χ0v) is 12.9. The fraction of sp³-hybridized carbons (Fsp3) is 0.357. The van der Waals surface area contributed by atoms with Gasteiger partial charge in [0.2, 0.25) is 5.91 Å². The molecule has 0 N–H and O–H groups in total. The minimum atomic E-state index is -0.587. The van der Waals surface area contributed by atoms with Crippen molar-refractivity contribution in [3.8, 4) is 0 Å². The highest BCUT2D eigenvalue weighted by Gasteiger charge is 2.33. The van der Waals surface area contributed by atoms with Gasteiger partial charge in [-0.25, -0.2) is 0 Å². The summed E-state index contributed by atoms with van der Waals surface area (Å²) in [5, 5.41) is 10.6. The van der Waals surface area contributed by atoms with Gasteiger partial charge in [0, 0.05) is 42.8 Å². The summed E-state index contributed by atoms with van der Waals surface area (Å²) in [6, 6.07) is 3.85. The van der Waals surface area contributed by atoms with Crippen molar-refractivity contribution in [3.05, 3.63) is 33.9 Å². The summed E-state index contributed by atoms with van der Waals surface area (Å²) >= 11 is 1.09. The molecule has 116 valence electrons. The molecule has 1 aromatic carbocycles. The molecule has 0 radical (unpaired) electrons. The van der Waals surface area contributed by atoms with E-state index in [2.05, 4.69) is 0 Å². The summed E-state index contributed by atoms with van der Waals surface area (Å²) in [5.41, 5.74) is 0.293. The number of Topliss-reactive ketones (excluding diaryl/α,β-unsaturated/α-hetero) is 1. The first-order chi connectivity index (χ1) is 10.3. The van der Waals surface area contributed by atoms with Crippen LogP contribution < -0.4 is 4.90 Å². The van der Waals surface area contributed by atoms with Crippen LogP contribution >= 0.6 is 11.8 Å². The van der Waals surface area contributed by atoms with E-state index in [0.29, 0.717) is 12.2 Å². The summed E-state index contributed by atoms with van der Waals surface area (Å²) in [6.07, 6.45) is 0.207. The van der Waals surface area contributed by atoms with Gasteiger partial charge in [-0.05, 0) is 13.0 Å². The molecule has 1 aromatic rings. The maximum Gasteiger partial charge on any atom is 0.270 e. The van der Waals surface area contributed by atoms with Crippen LogP contribution in [0.25, 0.3) is 0 Å². The highest BCUT2D eigenvalue weighted by Crippen LogP contribution is 2.32. The Hall–Kier alpha value is -2.22. The highest BCUT2D eigenvalue weighted by molar-refractivity contribution is 8.14. The molecule has 0 saturated carbocycles. The van der Waals surface area contributed by atoms with E-state index in [1.165, 1.54) is 36.9 Å². The number of carbonyl (C=O) groups is 3. The monoisotopic (exact) mass is 322 g/mol. The number of non-ortho nitro benzene ring substituents is 1. The third-order valence-electron chi connectivity index (χ3n) is 3.28. The SMILES string of the molecule is CC(=O)SC1CC(=O)N(c2ccc([N+](=O)[O-])cc2C(C)=O)C1. The van der Waals surface area contributed by atoms with E-state index in [1.807, 2.05) is 0 Å². The molecule has 1 heterocycles. The average molecular weight is 322 g/mol. The number of anilines is 1.